The van der Waals surface area contributed by atoms with E-state index in [-0.39, 0.29) is 5.69 Å². The number of halogens is 3. The van der Waals surface area contributed by atoms with E-state index in [9.17, 15) is 18.0 Å². The van der Waals surface area contributed by atoms with Gasteiger partial charge >= 0.3 is 6.18 Å². The van der Waals surface area contributed by atoms with Crippen LogP contribution in [0.5, 0.6) is 0 Å². The van der Waals surface area contributed by atoms with Gasteiger partial charge in [0.25, 0.3) is 5.91 Å². The maximum atomic E-state index is 13.4. The summed E-state index contributed by atoms with van der Waals surface area (Å²) in [6.45, 7) is 3.39. The Hall–Kier alpha value is -4.14. The molecule has 0 radical (unpaired) electrons. The Morgan fingerprint density at radius 3 is 2.53 bits per heavy atom. The predicted molar refractivity (Wildman–Crippen MR) is 135 cm³/mol. The lowest BCUT2D eigenvalue weighted by Gasteiger charge is -2.23. The van der Waals surface area contributed by atoms with Gasteiger partial charge in [0.1, 0.15) is 12.1 Å². The molecule has 1 aromatic heterocycles. The first-order valence-electron chi connectivity index (χ1n) is 11.6. The average Bonchev–Trinajstić information content (AvgIpc) is 3.39. The van der Waals surface area contributed by atoms with Gasteiger partial charge in [-0.15, -0.1) is 0 Å². The molecule has 1 fully saturated rings. The number of hydrogen-bond donors (Lipinski definition) is 2. The third-order valence-corrected chi connectivity index (χ3v) is 6.50. The Bertz CT molecular complexity index is 1460. The van der Waals surface area contributed by atoms with Crippen molar-refractivity contribution in [3.8, 4) is 11.1 Å². The van der Waals surface area contributed by atoms with E-state index in [1.807, 2.05) is 36.1 Å². The number of aromatic nitrogens is 2. The fourth-order valence-corrected chi connectivity index (χ4v) is 4.56. The van der Waals surface area contributed by atoms with Gasteiger partial charge < -0.3 is 16.0 Å². The van der Waals surface area contributed by atoms with Gasteiger partial charge in [0, 0.05) is 24.0 Å². The van der Waals surface area contributed by atoms with Crippen LogP contribution in [0.1, 0.15) is 34.3 Å². The molecule has 4 aromatic rings. The van der Waals surface area contributed by atoms with Crippen molar-refractivity contribution in [3.63, 3.8) is 0 Å². The molecule has 0 aliphatic carbocycles. The number of alkyl halides is 3. The molecule has 2 heterocycles. The molecule has 0 saturated carbocycles. The predicted octanol–water partition coefficient (Wildman–Crippen LogP) is 6.06. The number of hydrogen-bond acceptors (Lipinski definition) is 5. The molecule has 5 rings (SSSR count). The van der Waals surface area contributed by atoms with Crippen LogP contribution in [0.25, 0.3) is 22.0 Å². The molecule has 1 saturated heterocycles. The molecule has 0 bridgehead atoms. The molecular weight excluding hydrogens is 467 g/mol. The van der Waals surface area contributed by atoms with Gasteiger partial charge in [-0.3, -0.25) is 4.79 Å². The summed E-state index contributed by atoms with van der Waals surface area (Å²) in [6, 6.07) is 14.3. The highest BCUT2D eigenvalue weighted by Crippen LogP contribution is 2.37. The molecule has 3 aromatic carbocycles. The van der Waals surface area contributed by atoms with Gasteiger partial charge in [0.15, 0.2) is 0 Å². The quantitative estimate of drug-likeness (QED) is 0.363. The van der Waals surface area contributed by atoms with Crippen molar-refractivity contribution in [2.24, 2.45) is 0 Å². The van der Waals surface area contributed by atoms with E-state index >= 15 is 0 Å². The van der Waals surface area contributed by atoms with Crippen LogP contribution >= 0.6 is 0 Å². The SMILES string of the molecule is Cc1ccc(C(=O)Nc2cc(C(F)(F)F)ccc2N2CCCC2)cc1-c1ccc2ncnc(N)c2c1. The van der Waals surface area contributed by atoms with Crippen molar-refractivity contribution in [1.29, 1.82) is 0 Å². The Morgan fingerprint density at radius 1 is 1.00 bits per heavy atom. The van der Waals surface area contributed by atoms with Crippen LogP contribution < -0.4 is 16.0 Å². The number of benzene rings is 3. The Kier molecular flexibility index (Phi) is 5.99. The highest BCUT2D eigenvalue weighted by molar-refractivity contribution is 6.07. The van der Waals surface area contributed by atoms with E-state index in [1.54, 1.807) is 12.1 Å². The maximum absolute atomic E-state index is 13.4. The van der Waals surface area contributed by atoms with Gasteiger partial charge in [-0.1, -0.05) is 12.1 Å². The topological polar surface area (TPSA) is 84.1 Å². The zero-order chi connectivity index (χ0) is 25.4. The Balaban J connectivity index is 1.50. The smallest absolute Gasteiger partial charge is 0.383 e. The normalized spacial score (nSPS) is 13.8. The van der Waals surface area contributed by atoms with Crippen LogP contribution in [0.2, 0.25) is 0 Å². The minimum absolute atomic E-state index is 0.148. The van der Waals surface area contributed by atoms with Crippen molar-refractivity contribution in [3.05, 3.63) is 77.6 Å². The largest absolute Gasteiger partial charge is 0.416 e. The zero-order valence-corrected chi connectivity index (χ0v) is 19.6. The van der Waals surface area contributed by atoms with Crippen LogP contribution in [0.3, 0.4) is 0 Å². The van der Waals surface area contributed by atoms with Crippen molar-refractivity contribution < 1.29 is 18.0 Å². The molecule has 3 N–H and O–H groups in total. The number of fused-ring (bicyclic) bond motifs is 1. The van der Waals surface area contributed by atoms with E-state index in [0.29, 0.717) is 28.0 Å². The second-order valence-electron chi connectivity index (χ2n) is 8.90. The number of nitrogen functional groups attached to an aromatic ring is 1. The number of amides is 1. The van der Waals surface area contributed by atoms with E-state index in [2.05, 4.69) is 15.3 Å². The monoisotopic (exact) mass is 491 g/mol. The molecule has 36 heavy (non-hydrogen) atoms. The first kappa shape index (κ1) is 23.6. The van der Waals surface area contributed by atoms with E-state index < -0.39 is 17.6 Å². The number of rotatable bonds is 4. The van der Waals surface area contributed by atoms with Gasteiger partial charge in [0.2, 0.25) is 0 Å². The van der Waals surface area contributed by atoms with Crippen LogP contribution in [-0.4, -0.2) is 29.0 Å². The van der Waals surface area contributed by atoms with Crippen LogP contribution in [0, 0.1) is 6.92 Å². The van der Waals surface area contributed by atoms with E-state index in [4.69, 9.17) is 5.73 Å². The van der Waals surface area contributed by atoms with Crippen LogP contribution in [0.15, 0.2) is 60.9 Å². The number of anilines is 3. The molecule has 0 unspecified atom stereocenters. The van der Waals surface area contributed by atoms with Crippen LogP contribution in [-0.2, 0) is 6.18 Å². The van der Waals surface area contributed by atoms with Gasteiger partial charge in [-0.2, -0.15) is 13.2 Å². The summed E-state index contributed by atoms with van der Waals surface area (Å²) < 4.78 is 40.3. The number of nitrogens with zero attached hydrogens (tertiary/aromatic N) is 3. The van der Waals surface area contributed by atoms with Gasteiger partial charge in [-0.05, 0) is 78.9 Å². The van der Waals surface area contributed by atoms with E-state index in [0.717, 1.165) is 54.8 Å². The average molecular weight is 492 g/mol. The second-order valence-corrected chi connectivity index (χ2v) is 8.90. The van der Waals surface area contributed by atoms with E-state index in [1.165, 1.54) is 12.4 Å². The van der Waals surface area contributed by atoms with Crippen molar-refractivity contribution in [2.45, 2.75) is 25.9 Å². The summed E-state index contributed by atoms with van der Waals surface area (Å²) in [5.74, 6) is -0.132. The first-order chi connectivity index (χ1) is 17.2. The lowest BCUT2D eigenvalue weighted by Crippen LogP contribution is -2.22. The lowest BCUT2D eigenvalue weighted by molar-refractivity contribution is -0.137. The number of nitrogens with one attached hydrogen (secondary N) is 1. The second kappa shape index (κ2) is 9.14. The molecular formula is C27H24F3N5O. The number of carbonyl (C=O) groups excluding carboxylic acids is 1. The summed E-state index contributed by atoms with van der Waals surface area (Å²) in [7, 11) is 0. The molecule has 9 heteroatoms. The highest BCUT2D eigenvalue weighted by Gasteiger charge is 2.32. The number of carbonyl (C=O) groups is 1. The zero-order valence-electron chi connectivity index (χ0n) is 19.6. The summed E-state index contributed by atoms with van der Waals surface area (Å²) in [5.41, 5.74) is 9.54. The van der Waals surface area contributed by atoms with Gasteiger partial charge in [-0.25, -0.2) is 9.97 Å². The molecule has 6 nitrogen and oxygen atoms in total. The minimum atomic E-state index is -4.51. The summed E-state index contributed by atoms with van der Waals surface area (Å²) in [5, 5.41) is 3.43. The van der Waals surface area contributed by atoms with Gasteiger partial charge in [0.05, 0.1) is 22.5 Å². The lowest BCUT2D eigenvalue weighted by atomic mass is 9.96. The summed E-state index contributed by atoms with van der Waals surface area (Å²) in [6.07, 6.45) is -1.20. The van der Waals surface area contributed by atoms with Crippen LogP contribution in [0.4, 0.5) is 30.4 Å². The molecule has 0 spiro atoms. The summed E-state index contributed by atoms with van der Waals surface area (Å²) >= 11 is 0. The fraction of sp³-hybridized carbons (Fsp3) is 0.222. The fourth-order valence-electron chi connectivity index (χ4n) is 4.56. The third kappa shape index (κ3) is 4.56. The minimum Gasteiger partial charge on any atom is -0.383 e. The highest BCUT2D eigenvalue weighted by atomic mass is 19.4. The molecule has 1 aliphatic heterocycles. The standard InChI is InChI=1S/C27H24F3N5O/c1-16-4-5-18(13-20(16)17-6-8-22-21(12-17)25(31)33-15-32-22)26(36)34-23-14-19(27(28,29)30)7-9-24(23)35-10-2-3-11-35/h4-9,12-15H,2-3,10-11H2,1H3,(H,34,36)(H2,31,32,33). The maximum Gasteiger partial charge on any atom is 0.416 e. The van der Waals surface area contributed by atoms with Crippen molar-refractivity contribution >= 4 is 34.0 Å². The van der Waals surface area contributed by atoms with Crippen molar-refractivity contribution in [2.75, 3.05) is 29.0 Å². The molecule has 184 valence electrons. The number of aryl methyl sites for hydroxylation is 1. The Labute approximate surface area is 206 Å². The van der Waals surface area contributed by atoms with Crippen molar-refractivity contribution in [1.82, 2.24) is 9.97 Å². The number of nitrogens with two attached hydrogens (primary N) is 1. The summed E-state index contributed by atoms with van der Waals surface area (Å²) in [4.78, 5) is 23.5. The molecule has 1 aliphatic rings. The molecule has 0 atom stereocenters. The molecule has 1 amide bonds. The Morgan fingerprint density at radius 2 is 1.78 bits per heavy atom. The third-order valence-electron chi connectivity index (χ3n) is 6.50. The first-order valence-corrected chi connectivity index (χ1v) is 11.6.